The zero-order valence-electron chi connectivity index (χ0n) is 14.0. The van der Waals surface area contributed by atoms with Gasteiger partial charge in [-0.05, 0) is 64.2 Å². The molecule has 2 saturated heterocycles. The van der Waals surface area contributed by atoms with Crippen LogP contribution in [0.2, 0.25) is 0 Å². The Morgan fingerprint density at radius 3 is 2.15 bits per heavy atom. The van der Waals surface area contributed by atoms with Gasteiger partial charge in [-0.15, -0.1) is 0 Å². The van der Waals surface area contributed by atoms with E-state index in [2.05, 4.69) is 35.6 Å². The summed E-state index contributed by atoms with van der Waals surface area (Å²) in [4.78, 5) is 7.77. The molecule has 118 valence electrons. The number of hydrogen-bond acceptors (Lipinski definition) is 3. The number of likely N-dealkylation sites (N-methyl/N-ethyl adjacent to an activating group) is 1. The number of rotatable bonds is 6. The predicted octanol–water partition coefficient (Wildman–Crippen LogP) is 2.38. The van der Waals surface area contributed by atoms with Crippen LogP contribution in [0.1, 0.15) is 39.5 Å². The van der Waals surface area contributed by atoms with Crippen LogP contribution in [-0.4, -0.2) is 74.1 Å². The molecule has 0 aliphatic carbocycles. The van der Waals surface area contributed by atoms with E-state index >= 15 is 0 Å². The second-order valence-corrected chi connectivity index (χ2v) is 7.42. The van der Waals surface area contributed by atoms with Crippen LogP contribution in [0.25, 0.3) is 0 Å². The maximum Gasteiger partial charge on any atom is 0.0110 e. The Bertz CT molecular complexity index is 251. The quantitative estimate of drug-likeness (QED) is 0.740. The molecule has 2 fully saturated rings. The first-order valence-electron chi connectivity index (χ1n) is 8.76. The predicted molar refractivity (Wildman–Crippen MR) is 87.2 cm³/mol. The summed E-state index contributed by atoms with van der Waals surface area (Å²) in [6, 6.07) is 0. The van der Waals surface area contributed by atoms with Gasteiger partial charge in [-0.25, -0.2) is 0 Å². The van der Waals surface area contributed by atoms with Crippen molar-refractivity contribution in [2.24, 2.45) is 11.8 Å². The molecule has 0 aromatic heterocycles. The average molecular weight is 281 g/mol. The smallest absolute Gasteiger partial charge is 0.0110 e. The molecule has 3 nitrogen and oxygen atoms in total. The van der Waals surface area contributed by atoms with E-state index in [1.165, 1.54) is 78.0 Å². The lowest BCUT2D eigenvalue weighted by Gasteiger charge is -2.34. The molecular weight excluding hydrogens is 246 g/mol. The van der Waals surface area contributed by atoms with Crippen molar-refractivity contribution in [3.05, 3.63) is 0 Å². The monoisotopic (exact) mass is 281 g/mol. The van der Waals surface area contributed by atoms with Crippen LogP contribution < -0.4 is 0 Å². The highest BCUT2D eigenvalue weighted by molar-refractivity contribution is 4.74. The Morgan fingerprint density at radius 2 is 1.55 bits per heavy atom. The van der Waals surface area contributed by atoms with Gasteiger partial charge in [-0.1, -0.05) is 13.8 Å². The number of likely N-dealkylation sites (tertiary alicyclic amines) is 1. The molecule has 0 bridgehead atoms. The maximum atomic E-state index is 2.67. The van der Waals surface area contributed by atoms with Gasteiger partial charge < -0.3 is 14.7 Å². The third kappa shape index (κ3) is 5.71. The second-order valence-electron chi connectivity index (χ2n) is 7.42. The lowest BCUT2D eigenvalue weighted by Crippen LogP contribution is -2.44. The van der Waals surface area contributed by atoms with Gasteiger partial charge in [0.05, 0.1) is 0 Å². The van der Waals surface area contributed by atoms with Gasteiger partial charge in [0, 0.05) is 32.7 Å². The molecule has 0 N–H and O–H groups in total. The molecule has 0 aromatic rings. The minimum atomic E-state index is 0.823. The Balaban J connectivity index is 1.53. The van der Waals surface area contributed by atoms with Crippen molar-refractivity contribution in [2.75, 3.05) is 59.4 Å². The Kier molecular flexibility index (Phi) is 6.79. The molecule has 0 amide bonds. The van der Waals surface area contributed by atoms with Gasteiger partial charge in [0.25, 0.3) is 0 Å². The number of piperazine rings is 1. The minimum Gasteiger partial charge on any atom is -0.304 e. The third-order valence-electron chi connectivity index (χ3n) is 5.01. The minimum absolute atomic E-state index is 0.823. The van der Waals surface area contributed by atoms with E-state index in [1.807, 2.05) is 0 Å². The number of piperidine rings is 1. The van der Waals surface area contributed by atoms with Crippen LogP contribution in [0.4, 0.5) is 0 Å². The Labute approximate surface area is 126 Å². The molecule has 20 heavy (non-hydrogen) atoms. The Morgan fingerprint density at radius 1 is 0.900 bits per heavy atom. The van der Waals surface area contributed by atoms with E-state index in [-0.39, 0.29) is 0 Å². The maximum absolute atomic E-state index is 2.67. The molecule has 2 heterocycles. The number of hydrogen-bond donors (Lipinski definition) is 0. The summed E-state index contributed by atoms with van der Waals surface area (Å²) in [5.41, 5.74) is 0. The molecule has 0 radical (unpaired) electrons. The SMILES string of the molecule is CC(C)CN1CCC(CCCN2CCN(C)CC2)CC1. The fraction of sp³-hybridized carbons (Fsp3) is 1.00. The second kappa shape index (κ2) is 8.35. The normalized spacial score (nSPS) is 24.6. The van der Waals surface area contributed by atoms with Gasteiger partial charge in [0.15, 0.2) is 0 Å². The first-order valence-corrected chi connectivity index (χ1v) is 8.76. The molecule has 0 aromatic carbocycles. The van der Waals surface area contributed by atoms with Crippen molar-refractivity contribution in [2.45, 2.75) is 39.5 Å². The highest BCUT2D eigenvalue weighted by atomic mass is 15.2. The lowest BCUT2D eigenvalue weighted by molar-refractivity contribution is 0.139. The van der Waals surface area contributed by atoms with Gasteiger partial charge in [-0.3, -0.25) is 0 Å². The fourth-order valence-corrected chi connectivity index (χ4v) is 3.65. The standard InChI is InChI=1S/C17H35N3/c1-16(2)15-20-9-6-17(7-10-20)5-4-8-19-13-11-18(3)12-14-19/h16-17H,4-15H2,1-3H3. The van der Waals surface area contributed by atoms with Crippen LogP contribution in [0, 0.1) is 11.8 Å². The van der Waals surface area contributed by atoms with Crippen molar-refractivity contribution < 1.29 is 0 Å². The molecule has 2 aliphatic rings. The largest absolute Gasteiger partial charge is 0.304 e. The van der Waals surface area contributed by atoms with E-state index < -0.39 is 0 Å². The van der Waals surface area contributed by atoms with Crippen molar-refractivity contribution in [3.63, 3.8) is 0 Å². The van der Waals surface area contributed by atoms with Crippen LogP contribution in [0.3, 0.4) is 0 Å². The molecule has 0 atom stereocenters. The van der Waals surface area contributed by atoms with Gasteiger partial charge in [0.1, 0.15) is 0 Å². The zero-order valence-corrected chi connectivity index (χ0v) is 14.0. The fourth-order valence-electron chi connectivity index (χ4n) is 3.65. The third-order valence-corrected chi connectivity index (χ3v) is 5.01. The summed E-state index contributed by atoms with van der Waals surface area (Å²) in [5, 5.41) is 0. The summed E-state index contributed by atoms with van der Waals surface area (Å²) in [6.45, 7) is 15.1. The first kappa shape index (κ1) is 16.3. The van der Waals surface area contributed by atoms with Gasteiger partial charge in [0.2, 0.25) is 0 Å². The molecule has 0 saturated carbocycles. The van der Waals surface area contributed by atoms with Crippen molar-refractivity contribution in [3.8, 4) is 0 Å². The summed E-state index contributed by atoms with van der Waals surface area (Å²) >= 11 is 0. The molecule has 2 aliphatic heterocycles. The summed E-state index contributed by atoms with van der Waals surface area (Å²) in [7, 11) is 2.24. The highest BCUT2D eigenvalue weighted by Gasteiger charge is 2.20. The topological polar surface area (TPSA) is 9.72 Å². The van der Waals surface area contributed by atoms with Crippen LogP contribution in [0.5, 0.6) is 0 Å². The van der Waals surface area contributed by atoms with Crippen molar-refractivity contribution >= 4 is 0 Å². The zero-order chi connectivity index (χ0) is 14.4. The summed E-state index contributed by atoms with van der Waals surface area (Å²) in [6.07, 6.45) is 5.76. The molecular formula is C17H35N3. The number of nitrogens with zero attached hydrogens (tertiary/aromatic N) is 3. The molecule has 0 unspecified atom stereocenters. The van der Waals surface area contributed by atoms with Gasteiger partial charge in [-0.2, -0.15) is 0 Å². The molecule has 2 rings (SSSR count). The summed E-state index contributed by atoms with van der Waals surface area (Å²) in [5.74, 6) is 1.83. The highest BCUT2D eigenvalue weighted by Crippen LogP contribution is 2.22. The molecule has 3 heteroatoms. The Hall–Kier alpha value is -0.120. The van der Waals surface area contributed by atoms with Crippen molar-refractivity contribution in [1.82, 2.24) is 14.7 Å². The van der Waals surface area contributed by atoms with E-state index in [0.29, 0.717) is 0 Å². The van der Waals surface area contributed by atoms with E-state index in [0.717, 1.165) is 11.8 Å². The van der Waals surface area contributed by atoms with E-state index in [1.54, 1.807) is 0 Å². The molecule has 0 spiro atoms. The van der Waals surface area contributed by atoms with Gasteiger partial charge >= 0.3 is 0 Å². The first-order chi connectivity index (χ1) is 9.63. The van der Waals surface area contributed by atoms with E-state index in [9.17, 15) is 0 Å². The van der Waals surface area contributed by atoms with Crippen LogP contribution >= 0.6 is 0 Å². The van der Waals surface area contributed by atoms with Crippen molar-refractivity contribution in [1.29, 1.82) is 0 Å². The van der Waals surface area contributed by atoms with Crippen LogP contribution in [-0.2, 0) is 0 Å². The average Bonchev–Trinajstić information content (AvgIpc) is 2.42. The summed E-state index contributed by atoms with van der Waals surface area (Å²) < 4.78 is 0. The van der Waals surface area contributed by atoms with E-state index in [4.69, 9.17) is 0 Å². The lowest BCUT2D eigenvalue weighted by atomic mass is 9.91. The van der Waals surface area contributed by atoms with Crippen LogP contribution in [0.15, 0.2) is 0 Å².